The predicted molar refractivity (Wildman–Crippen MR) is 60.0 cm³/mol. The minimum absolute atomic E-state index is 0.186. The molecule has 1 aliphatic carbocycles. The Bertz CT molecular complexity index is 309. The summed E-state index contributed by atoms with van der Waals surface area (Å²) in [7, 11) is 1.98. The van der Waals surface area contributed by atoms with E-state index >= 15 is 0 Å². The van der Waals surface area contributed by atoms with Crippen LogP contribution in [0.2, 0.25) is 0 Å². The summed E-state index contributed by atoms with van der Waals surface area (Å²) in [5.41, 5.74) is 7.49. The number of aryl methyl sites for hydroxylation is 1. The van der Waals surface area contributed by atoms with Crippen LogP contribution in [0.1, 0.15) is 31.4 Å². The fourth-order valence-corrected chi connectivity index (χ4v) is 2.28. The Morgan fingerprint density at radius 3 is 2.86 bits per heavy atom. The third-order valence-electron chi connectivity index (χ3n) is 2.99. The first-order valence-corrected chi connectivity index (χ1v) is 5.85. The summed E-state index contributed by atoms with van der Waals surface area (Å²) in [4.78, 5) is 0. The van der Waals surface area contributed by atoms with Crippen LogP contribution in [0.25, 0.3) is 0 Å². The van der Waals surface area contributed by atoms with Crippen molar-refractivity contribution >= 4 is 15.9 Å². The van der Waals surface area contributed by atoms with E-state index in [1.54, 1.807) is 0 Å². The average Bonchev–Trinajstić information content (AvgIpc) is 2.79. The third-order valence-corrected chi connectivity index (χ3v) is 3.65. The van der Waals surface area contributed by atoms with Crippen molar-refractivity contribution in [2.24, 2.45) is 12.8 Å². The summed E-state index contributed by atoms with van der Waals surface area (Å²) in [6.07, 6.45) is 7.64. The molecule has 1 aromatic heterocycles. The summed E-state index contributed by atoms with van der Waals surface area (Å²) in [6.45, 7) is 0. The molecular formula is C10H16BrN3. The van der Waals surface area contributed by atoms with Gasteiger partial charge in [-0.1, -0.05) is 0 Å². The summed E-state index contributed by atoms with van der Waals surface area (Å²) >= 11 is 3.50. The molecule has 0 aliphatic heterocycles. The van der Waals surface area contributed by atoms with Crippen LogP contribution in [0.4, 0.5) is 0 Å². The van der Waals surface area contributed by atoms with Crippen molar-refractivity contribution in [3.63, 3.8) is 0 Å². The van der Waals surface area contributed by atoms with Crippen LogP contribution in [0, 0.1) is 0 Å². The topological polar surface area (TPSA) is 43.8 Å². The first kappa shape index (κ1) is 10.2. The Morgan fingerprint density at radius 1 is 1.64 bits per heavy atom. The van der Waals surface area contributed by atoms with Crippen molar-refractivity contribution in [2.75, 3.05) is 0 Å². The van der Waals surface area contributed by atoms with E-state index in [2.05, 4.69) is 21.0 Å². The van der Waals surface area contributed by atoms with Crippen LogP contribution in [0.5, 0.6) is 0 Å². The second-order valence-electron chi connectivity index (χ2n) is 4.28. The summed E-state index contributed by atoms with van der Waals surface area (Å²) in [6, 6.07) is 0. The lowest BCUT2D eigenvalue weighted by atomic mass is 10.1. The van der Waals surface area contributed by atoms with Gasteiger partial charge in [0.25, 0.3) is 0 Å². The quantitative estimate of drug-likeness (QED) is 0.897. The SMILES string of the molecule is Cn1ncc(Br)c1CCCC1(N)CC1. The number of nitrogens with two attached hydrogens (primary N) is 1. The molecule has 1 heterocycles. The van der Waals surface area contributed by atoms with E-state index in [1.165, 1.54) is 18.5 Å². The van der Waals surface area contributed by atoms with Crippen molar-refractivity contribution < 1.29 is 0 Å². The molecule has 78 valence electrons. The van der Waals surface area contributed by atoms with E-state index < -0.39 is 0 Å². The maximum absolute atomic E-state index is 6.03. The average molecular weight is 258 g/mol. The molecule has 1 aliphatic rings. The monoisotopic (exact) mass is 257 g/mol. The zero-order valence-corrected chi connectivity index (χ0v) is 10.0. The highest BCUT2D eigenvalue weighted by Gasteiger charge is 2.37. The molecule has 0 unspecified atom stereocenters. The van der Waals surface area contributed by atoms with Gasteiger partial charge in [-0.25, -0.2) is 0 Å². The highest BCUT2D eigenvalue weighted by molar-refractivity contribution is 9.10. The van der Waals surface area contributed by atoms with Gasteiger partial charge in [0.2, 0.25) is 0 Å². The number of hydrogen-bond acceptors (Lipinski definition) is 2. The molecule has 1 aromatic rings. The lowest BCUT2D eigenvalue weighted by Gasteiger charge is -2.08. The van der Waals surface area contributed by atoms with Gasteiger partial charge in [-0.05, 0) is 48.0 Å². The van der Waals surface area contributed by atoms with Gasteiger partial charge in [0.15, 0.2) is 0 Å². The molecule has 4 heteroatoms. The van der Waals surface area contributed by atoms with Gasteiger partial charge in [-0.3, -0.25) is 4.68 Å². The lowest BCUT2D eigenvalue weighted by molar-refractivity contribution is 0.561. The van der Waals surface area contributed by atoms with Gasteiger partial charge in [0, 0.05) is 12.6 Å². The molecule has 0 bridgehead atoms. The zero-order valence-electron chi connectivity index (χ0n) is 8.46. The standard InChI is InChI=1S/C10H16BrN3/c1-14-9(8(11)7-13-14)3-2-4-10(12)5-6-10/h7H,2-6,12H2,1H3. The van der Waals surface area contributed by atoms with Crippen molar-refractivity contribution in [1.29, 1.82) is 0 Å². The van der Waals surface area contributed by atoms with Crippen LogP contribution >= 0.6 is 15.9 Å². The van der Waals surface area contributed by atoms with Crippen LogP contribution in [-0.4, -0.2) is 15.3 Å². The number of rotatable bonds is 4. The highest BCUT2D eigenvalue weighted by atomic mass is 79.9. The predicted octanol–water partition coefficient (Wildman–Crippen LogP) is 2.00. The van der Waals surface area contributed by atoms with E-state index in [9.17, 15) is 0 Å². The maximum Gasteiger partial charge on any atom is 0.0635 e. The zero-order chi connectivity index (χ0) is 10.2. The van der Waals surface area contributed by atoms with Gasteiger partial charge in [-0.15, -0.1) is 0 Å². The number of nitrogens with zero attached hydrogens (tertiary/aromatic N) is 2. The van der Waals surface area contributed by atoms with Crippen molar-refractivity contribution in [2.45, 2.75) is 37.6 Å². The van der Waals surface area contributed by atoms with Crippen LogP contribution in [0.15, 0.2) is 10.7 Å². The van der Waals surface area contributed by atoms with E-state index in [1.807, 2.05) is 17.9 Å². The van der Waals surface area contributed by atoms with Crippen LogP contribution < -0.4 is 5.73 Å². The maximum atomic E-state index is 6.03. The molecule has 0 spiro atoms. The summed E-state index contributed by atoms with van der Waals surface area (Å²) < 4.78 is 3.04. The van der Waals surface area contributed by atoms with Crippen LogP contribution in [-0.2, 0) is 13.5 Å². The largest absolute Gasteiger partial charge is 0.325 e. The second kappa shape index (κ2) is 3.66. The normalized spacial score (nSPS) is 18.5. The molecule has 1 saturated carbocycles. The van der Waals surface area contributed by atoms with E-state index in [0.29, 0.717) is 0 Å². The van der Waals surface area contributed by atoms with Gasteiger partial charge >= 0.3 is 0 Å². The molecule has 0 saturated heterocycles. The third kappa shape index (κ3) is 2.17. The molecule has 0 radical (unpaired) electrons. The molecule has 0 atom stereocenters. The van der Waals surface area contributed by atoms with E-state index in [4.69, 9.17) is 5.73 Å². The van der Waals surface area contributed by atoms with Crippen molar-refractivity contribution in [3.05, 3.63) is 16.4 Å². The van der Waals surface area contributed by atoms with E-state index in [0.717, 1.165) is 23.7 Å². The molecule has 0 amide bonds. The Labute approximate surface area is 92.8 Å². The fourth-order valence-electron chi connectivity index (χ4n) is 1.74. The van der Waals surface area contributed by atoms with Crippen molar-refractivity contribution in [3.8, 4) is 0 Å². The molecule has 3 nitrogen and oxygen atoms in total. The van der Waals surface area contributed by atoms with Gasteiger partial charge < -0.3 is 5.73 Å². The highest BCUT2D eigenvalue weighted by Crippen LogP contribution is 2.37. The Morgan fingerprint density at radius 2 is 2.36 bits per heavy atom. The second-order valence-corrected chi connectivity index (χ2v) is 5.13. The summed E-state index contributed by atoms with van der Waals surface area (Å²) in [5.74, 6) is 0. The summed E-state index contributed by atoms with van der Waals surface area (Å²) in [5, 5.41) is 4.19. The minimum atomic E-state index is 0.186. The van der Waals surface area contributed by atoms with Gasteiger partial charge in [0.1, 0.15) is 0 Å². The first-order chi connectivity index (χ1) is 6.61. The number of aromatic nitrogens is 2. The van der Waals surface area contributed by atoms with Gasteiger partial charge in [-0.2, -0.15) is 5.10 Å². The van der Waals surface area contributed by atoms with E-state index in [-0.39, 0.29) is 5.54 Å². The van der Waals surface area contributed by atoms with Crippen LogP contribution in [0.3, 0.4) is 0 Å². The smallest absolute Gasteiger partial charge is 0.0635 e. The molecular weight excluding hydrogens is 242 g/mol. The van der Waals surface area contributed by atoms with Crippen molar-refractivity contribution in [1.82, 2.24) is 9.78 Å². The molecule has 0 aromatic carbocycles. The minimum Gasteiger partial charge on any atom is -0.325 e. The molecule has 2 N–H and O–H groups in total. The number of halogens is 1. The lowest BCUT2D eigenvalue weighted by Crippen LogP contribution is -2.21. The first-order valence-electron chi connectivity index (χ1n) is 5.06. The Kier molecular flexibility index (Phi) is 2.66. The number of hydrogen-bond donors (Lipinski definition) is 1. The molecule has 14 heavy (non-hydrogen) atoms. The fraction of sp³-hybridized carbons (Fsp3) is 0.700. The Balaban J connectivity index is 1.85. The molecule has 1 fully saturated rings. The Hall–Kier alpha value is -0.350. The van der Waals surface area contributed by atoms with Gasteiger partial charge in [0.05, 0.1) is 16.4 Å². The molecule has 2 rings (SSSR count).